The first kappa shape index (κ1) is 25.5. The maximum absolute atomic E-state index is 12.7. The Morgan fingerprint density at radius 1 is 0.974 bits per heavy atom. The van der Waals surface area contributed by atoms with Crippen LogP contribution in [0.5, 0.6) is 5.75 Å². The Hall–Kier alpha value is -4.15. The van der Waals surface area contributed by atoms with Crippen LogP contribution in [0.2, 0.25) is 0 Å². The molecular formula is C27H26F3N5O3. The molecule has 5 rings (SSSR count). The number of carbonyl (C=O) groups is 2. The lowest BCUT2D eigenvalue weighted by molar-refractivity contribution is -0.137. The van der Waals surface area contributed by atoms with Gasteiger partial charge >= 0.3 is 6.18 Å². The Bertz CT molecular complexity index is 1260. The van der Waals surface area contributed by atoms with E-state index in [1.54, 1.807) is 41.6 Å². The van der Waals surface area contributed by atoms with Gasteiger partial charge in [-0.15, -0.1) is 0 Å². The number of anilines is 2. The highest BCUT2D eigenvalue weighted by Crippen LogP contribution is 2.29. The summed E-state index contributed by atoms with van der Waals surface area (Å²) in [5.41, 5.74) is 1.42. The number of carbonyl (C=O) groups excluding carboxylic acids is 2. The van der Waals surface area contributed by atoms with Crippen molar-refractivity contribution in [3.63, 3.8) is 0 Å². The molecule has 2 amide bonds. The van der Waals surface area contributed by atoms with Crippen molar-refractivity contribution in [3.05, 3.63) is 78.1 Å². The first-order valence-electron chi connectivity index (χ1n) is 12.3. The molecule has 198 valence electrons. The predicted octanol–water partition coefficient (Wildman–Crippen LogP) is 3.79. The van der Waals surface area contributed by atoms with E-state index in [9.17, 15) is 22.8 Å². The smallest absolute Gasteiger partial charge is 0.416 e. The van der Waals surface area contributed by atoms with Crippen LogP contribution in [0.4, 0.5) is 24.5 Å². The third-order valence-corrected chi connectivity index (χ3v) is 6.75. The maximum Gasteiger partial charge on any atom is 0.416 e. The molecule has 1 N–H and O–H groups in total. The molecule has 11 heteroatoms. The summed E-state index contributed by atoms with van der Waals surface area (Å²) in [4.78, 5) is 28.9. The van der Waals surface area contributed by atoms with E-state index in [4.69, 9.17) is 4.74 Å². The zero-order valence-electron chi connectivity index (χ0n) is 20.4. The van der Waals surface area contributed by atoms with Crippen LogP contribution in [-0.4, -0.2) is 59.2 Å². The minimum Gasteiger partial charge on any atom is -0.489 e. The van der Waals surface area contributed by atoms with Crippen LogP contribution in [0.15, 0.2) is 67.0 Å². The number of benzene rings is 2. The van der Waals surface area contributed by atoms with Gasteiger partial charge in [0.25, 0.3) is 0 Å². The van der Waals surface area contributed by atoms with Gasteiger partial charge in [0.2, 0.25) is 11.8 Å². The third kappa shape index (κ3) is 6.04. The number of hydrogen-bond donors (Lipinski definition) is 1. The van der Waals surface area contributed by atoms with Crippen LogP contribution in [0, 0.1) is 5.92 Å². The fraction of sp³-hybridized carbons (Fsp3) is 0.333. The lowest BCUT2D eigenvalue weighted by Crippen LogP contribution is -2.52. The molecule has 0 spiro atoms. The fourth-order valence-electron chi connectivity index (χ4n) is 4.53. The van der Waals surface area contributed by atoms with Gasteiger partial charge in [0.1, 0.15) is 11.9 Å². The van der Waals surface area contributed by atoms with Crippen molar-refractivity contribution in [1.29, 1.82) is 0 Å². The molecule has 2 fully saturated rings. The van der Waals surface area contributed by atoms with Crippen molar-refractivity contribution in [2.75, 3.05) is 36.4 Å². The van der Waals surface area contributed by atoms with Crippen LogP contribution >= 0.6 is 0 Å². The van der Waals surface area contributed by atoms with E-state index in [1.165, 1.54) is 12.1 Å². The molecule has 2 aliphatic rings. The quantitative estimate of drug-likeness (QED) is 0.505. The molecule has 0 bridgehead atoms. The van der Waals surface area contributed by atoms with E-state index >= 15 is 0 Å². The number of alkyl halides is 3. The molecule has 0 aliphatic carbocycles. The van der Waals surface area contributed by atoms with E-state index in [1.807, 2.05) is 6.07 Å². The molecule has 3 aromatic rings. The molecule has 38 heavy (non-hydrogen) atoms. The van der Waals surface area contributed by atoms with Crippen molar-refractivity contribution in [2.45, 2.75) is 25.1 Å². The standard InChI is InChI=1S/C27H26F3N5O3/c28-27(29,30)20-3-1-18(2-4-20)13-25(36)34-12-10-24(17-34)38-23-7-5-21(6-8-23)33-26(37)19-15-35(16-19)22-9-11-31-32-14-22/h1-9,11,14,19,24H,10,12-13,15-17H2,(H,33,37). The van der Waals surface area contributed by atoms with Gasteiger partial charge in [-0.3, -0.25) is 9.59 Å². The second kappa shape index (κ2) is 10.7. The SMILES string of the molecule is O=C(Nc1ccc(OC2CCN(C(=O)Cc3ccc(C(F)(F)F)cc3)C2)cc1)C1CN(c2ccnnc2)C1. The summed E-state index contributed by atoms with van der Waals surface area (Å²) in [6.45, 7) is 2.17. The van der Waals surface area contributed by atoms with Crippen LogP contribution in [-0.2, 0) is 22.2 Å². The first-order chi connectivity index (χ1) is 18.2. The monoisotopic (exact) mass is 525 g/mol. The van der Waals surface area contributed by atoms with Crippen LogP contribution in [0.3, 0.4) is 0 Å². The summed E-state index contributed by atoms with van der Waals surface area (Å²) in [7, 11) is 0. The predicted molar refractivity (Wildman–Crippen MR) is 134 cm³/mol. The second-order valence-corrected chi connectivity index (χ2v) is 9.46. The molecule has 1 aromatic heterocycles. The molecule has 8 nitrogen and oxygen atoms in total. The summed E-state index contributed by atoms with van der Waals surface area (Å²) >= 11 is 0. The van der Waals surface area contributed by atoms with Crippen molar-refractivity contribution in [1.82, 2.24) is 15.1 Å². The summed E-state index contributed by atoms with van der Waals surface area (Å²) < 4.78 is 44.2. The third-order valence-electron chi connectivity index (χ3n) is 6.75. The lowest BCUT2D eigenvalue weighted by Gasteiger charge is -2.39. The molecule has 0 saturated carbocycles. The van der Waals surface area contributed by atoms with Crippen LogP contribution < -0.4 is 15.0 Å². The Morgan fingerprint density at radius 3 is 2.37 bits per heavy atom. The number of likely N-dealkylation sites (tertiary alicyclic amines) is 1. The first-order valence-corrected chi connectivity index (χ1v) is 12.3. The average Bonchev–Trinajstić information content (AvgIpc) is 3.33. The zero-order valence-corrected chi connectivity index (χ0v) is 20.4. The van der Waals surface area contributed by atoms with Crippen molar-refractivity contribution in [3.8, 4) is 5.75 Å². The van der Waals surface area contributed by atoms with E-state index in [2.05, 4.69) is 20.4 Å². The Balaban J connectivity index is 1.06. The molecule has 3 heterocycles. The number of ether oxygens (including phenoxy) is 1. The number of aromatic nitrogens is 2. The molecule has 2 saturated heterocycles. The van der Waals surface area contributed by atoms with Crippen molar-refractivity contribution in [2.24, 2.45) is 5.92 Å². The molecule has 1 unspecified atom stereocenters. The number of hydrogen-bond acceptors (Lipinski definition) is 6. The van der Waals surface area contributed by atoms with Gasteiger partial charge in [-0.25, -0.2) is 0 Å². The van der Waals surface area contributed by atoms with Crippen molar-refractivity contribution >= 4 is 23.2 Å². The number of halogens is 3. The minimum absolute atomic E-state index is 0.0391. The van der Waals surface area contributed by atoms with Crippen LogP contribution in [0.1, 0.15) is 17.5 Å². The normalized spacial score (nSPS) is 17.7. The topological polar surface area (TPSA) is 87.7 Å². The maximum atomic E-state index is 12.7. The average molecular weight is 526 g/mol. The number of rotatable bonds is 7. The largest absolute Gasteiger partial charge is 0.489 e. The van der Waals surface area contributed by atoms with Gasteiger partial charge in [0, 0.05) is 31.7 Å². The highest BCUT2D eigenvalue weighted by atomic mass is 19.4. The number of nitrogens with one attached hydrogen (secondary N) is 1. The van der Waals surface area contributed by atoms with Gasteiger partial charge in [-0.1, -0.05) is 12.1 Å². The van der Waals surface area contributed by atoms with E-state index in [0.717, 1.165) is 17.8 Å². The molecule has 1 atom stereocenters. The van der Waals surface area contributed by atoms with Gasteiger partial charge in [0.05, 0.1) is 42.5 Å². The van der Waals surface area contributed by atoms with Gasteiger partial charge < -0.3 is 19.9 Å². The Kier molecular flexibility index (Phi) is 7.17. The van der Waals surface area contributed by atoms with E-state index < -0.39 is 11.7 Å². The van der Waals surface area contributed by atoms with Gasteiger partial charge in [0.15, 0.2) is 0 Å². The van der Waals surface area contributed by atoms with Gasteiger partial charge in [-0.2, -0.15) is 23.4 Å². The highest BCUT2D eigenvalue weighted by molar-refractivity contribution is 5.94. The van der Waals surface area contributed by atoms with Gasteiger partial charge in [-0.05, 0) is 48.0 Å². The summed E-state index contributed by atoms with van der Waals surface area (Å²) in [5, 5.41) is 10.5. The minimum atomic E-state index is -4.40. The number of amides is 2. The molecule has 0 radical (unpaired) electrons. The van der Waals surface area contributed by atoms with Crippen molar-refractivity contribution < 1.29 is 27.5 Å². The lowest BCUT2D eigenvalue weighted by atomic mass is 9.98. The Labute approximate surface area is 217 Å². The highest BCUT2D eigenvalue weighted by Gasteiger charge is 2.33. The Morgan fingerprint density at radius 2 is 1.71 bits per heavy atom. The molecule has 2 aliphatic heterocycles. The zero-order chi connectivity index (χ0) is 26.7. The molecular weight excluding hydrogens is 499 g/mol. The summed E-state index contributed by atoms with van der Waals surface area (Å²) in [6.07, 6.45) is -0.596. The number of nitrogens with zero attached hydrogens (tertiary/aromatic N) is 4. The fourth-order valence-corrected chi connectivity index (χ4v) is 4.53. The van der Waals surface area contributed by atoms with Crippen LogP contribution in [0.25, 0.3) is 0 Å². The molecule has 2 aromatic carbocycles. The van der Waals surface area contributed by atoms with E-state index in [0.29, 0.717) is 49.6 Å². The summed E-state index contributed by atoms with van der Waals surface area (Å²) in [5.74, 6) is 0.326. The summed E-state index contributed by atoms with van der Waals surface area (Å²) in [6, 6.07) is 13.6. The second-order valence-electron chi connectivity index (χ2n) is 9.46. The van der Waals surface area contributed by atoms with E-state index in [-0.39, 0.29) is 30.3 Å².